The molecule has 1 fully saturated rings. The molecule has 8 heteroatoms. The molecule has 0 unspecified atom stereocenters. The first-order valence-electron chi connectivity index (χ1n) is 8.36. The summed E-state index contributed by atoms with van der Waals surface area (Å²) in [6.45, 7) is 0.531. The number of amides is 2. The fourth-order valence-corrected chi connectivity index (χ4v) is 3.78. The summed E-state index contributed by atoms with van der Waals surface area (Å²) in [6.07, 6.45) is 0.357. The van der Waals surface area contributed by atoms with Gasteiger partial charge in [-0.1, -0.05) is 29.5 Å². The van der Waals surface area contributed by atoms with Gasteiger partial charge in [0.2, 0.25) is 11.0 Å². The molecule has 0 spiro atoms. The van der Waals surface area contributed by atoms with Gasteiger partial charge in [0.15, 0.2) is 0 Å². The van der Waals surface area contributed by atoms with E-state index in [0.29, 0.717) is 28.7 Å². The molecular weight excluding hydrogens is 367 g/mol. The van der Waals surface area contributed by atoms with Gasteiger partial charge in [0.05, 0.1) is 0 Å². The van der Waals surface area contributed by atoms with E-state index in [1.165, 1.54) is 35.6 Å². The Morgan fingerprint density at radius 2 is 1.85 bits per heavy atom. The highest BCUT2D eigenvalue weighted by atomic mass is 32.1. The smallest absolute Gasteiger partial charge is 0.257 e. The van der Waals surface area contributed by atoms with Crippen LogP contribution in [-0.2, 0) is 4.79 Å². The van der Waals surface area contributed by atoms with Crippen molar-refractivity contribution in [1.82, 2.24) is 10.2 Å². The number of carbonyl (C=O) groups is 2. The molecule has 0 radical (unpaired) electrons. The molecule has 0 bridgehead atoms. The predicted molar refractivity (Wildman–Crippen MR) is 100 cm³/mol. The zero-order valence-electron chi connectivity index (χ0n) is 14.1. The van der Waals surface area contributed by atoms with E-state index in [9.17, 15) is 14.0 Å². The molecule has 6 nitrogen and oxygen atoms in total. The van der Waals surface area contributed by atoms with Crippen molar-refractivity contribution in [3.8, 4) is 0 Å². The average Bonchev–Trinajstić information content (AvgIpc) is 3.29. The van der Waals surface area contributed by atoms with E-state index in [0.717, 1.165) is 5.69 Å². The molecule has 1 saturated heterocycles. The van der Waals surface area contributed by atoms with Crippen LogP contribution in [0.5, 0.6) is 0 Å². The van der Waals surface area contributed by atoms with Gasteiger partial charge in [-0.3, -0.25) is 14.9 Å². The summed E-state index contributed by atoms with van der Waals surface area (Å²) in [5.74, 6) is -0.810. The molecule has 136 valence electrons. The molecule has 1 atom stereocenters. The highest BCUT2D eigenvalue weighted by molar-refractivity contribution is 7.15. The van der Waals surface area contributed by atoms with Gasteiger partial charge in [-0.25, -0.2) is 4.39 Å². The maximum absolute atomic E-state index is 13.0. The van der Waals surface area contributed by atoms with Crippen molar-refractivity contribution in [2.24, 2.45) is 0 Å². The van der Waals surface area contributed by atoms with Crippen molar-refractivity contribution in [2.75, 3.05) is 16.8 Å². The fraction of sp³-hybridized carbons (Fsp3) is 0.158. The number of hydrogen-bond acceptors (Lipinski definition) is 5. The van der Waals surface area contributed by atoms with Gasteiger partial charge < -0.3 is 4.90 Å². The van der Waals surface area contributed by atoms with E-state index in [1.54, 1.807) is 4.90 Å². The molecule has 1 aromatic heterocycles. The Balaban J connectivity index is 1.44. The molecule has 0 aliphatic carbocycles. The SMILES string of the molecule is O=C(Nc1nnc([C@@H]2CC(=O)N(c3ccccc3)C2)s1)c1ccc(F)cc1. The number of nitrogens with zero attached hydrogens (tertiary/aromatic N) is 3. The second kappa shape index (κ2) is 7.24. The monoisotopic (exact) mass is 382 g/mol. The van der Waals surface area contributed by atoms with Crippen LogP contribution in [0.25, 0.3) is 0 Å². The molecule has 2 amide bonds. The van der Waals surface area contributed by atoms with Gasteiger partial charge >= 0.3 is 0 Å². The summed E-state index contributed by atoms with van der Waals surface area (Å²) in [6, 6.07) is 14.7. The van der Waals surface area contributed by atoms with Crippen LogP contribution >= 0.6 is 11.3 Å². The Hall–Kier alpha value is -3.13. The van der Waals surface area contributed by atoms with E-state index in [4.69, 9.17) is 0 Å². The fourth-order valence-electron chi connectivity index (χ4n) is 2.95. The van der Waals surface area contributed by atoms with Crippen LogP contribution in [0, 0.1) is 5.82 Å². The minimum absolute atomic E-state index is 0.0401. The highest BCUT2D eigenvalue weighted by Crippen LogP contribution is 2.34. The van der Waals surface area contributed by atoms with Gasteiger partial charge in [-0.15, -0.1) is 10.2 Å². The zero-order valence-corrected chi connectivity index (χ0v) is 14.9. The maximum Gasteiger partial charge on any atom is 0.257 e. The molecule has 1 N–H and O–H groups in total. The zero-order chi connectivity index (χ0) is 18.8. The molecule has 1 aliphatic rings. The Bertz CT molecular complexity index is 975. The van der Waals surface area contributed by atoms with Crippen LogP contribution < -0.4 is 10.2 Å². The third-order valence-electron chi connectivity index (χ3n) is 4.31. The number of nitrogens with one attached hydrogen (secondary N) is 1. The summed E-state index contributed by atoms with van der Waals surface area (Å²) in [7, 11) is 0. The van der Waals surface area contributed by atoms with Crippen LogP contribution in [0.3, 0.4) is 0 Å². The standard InChI is InChI=1S/C19H15FN4O2S/c20-14-8-6-12(7-9-14)17(26)21-19-23-22-18(27-19)13-10-16(25)24(11-13)15-4-2-1-3-5-15/h1-9,13H,10-11H2,(H,21,23,26)/t13-/m1/s1. The molecule has 27 heavy (non-hydrogen) atoms. The topological polar surface area (TPSA) is 75.2 Å². The summed E-state index contributed by atoms with van der Waals surface area (Å²) in [5.41, 5.74) is 1.19. The Kier molecular flexibility index (Phi) is 4.64. The van der Waals surface area contributed by atoms with Crippen molar-refractivity contribution in [2.45, 2.75) is 12.3 Å². The highest BCUT2D eigenvalue weighted by Gasteiger charge is 2.33. The molecular formula is C19H15FN4O2S. The van der Waals surface area contributed by atoms with Crippen LogP contribution in [0.2, 0.25) is 0 Å². The Morgan fingerprint density at radius 1 is 1.11 bits per heavy atom. The third kappa shape index (κ3) is 3.70. The number of aromatic nitrogens is 2. The lowest BCUT2D eigenvalue weighted by molar-refractivity contribution is -0.117. The van der Waals surface area contributed by atoms with Crippen molar-refractivity contribution < 1.29 is 14.0 Å². The largest absolute Gasteiger partial charge is 0.312 e. The van der Waals surface area contributed by atoms with Gasteiger partial charge in [0, 0.05) is 30.1 Å². The second-order valence-electron chi connectivity index (χ2n) is 6.15. The number of benzene rings is 2. The first-order valence-corrected chi connectivity index (χ1v) is 9.17. The number of carbonyl (C=O) groups excluding carboxylic acids is 2. The maximum atomic E-state index is 13.0. The Labute approximate surface area is 158 Å². The van der Waals surface area contributed by atoms with Gasteiger partial charge in [0.1, 0.15) is 10.8 Å². The lowest BCUT2D eigenvalue weighted by Crippen LogP contribution is -2.24. The molecule has 2 heterocycles. The number of rotatable bonds is 4. The average molecular weight is 382 g/mol. The molecule has 0 saturated carbocycles. The normalized spacial score (nSPS) is 16.6. The van der Waals surface area contributed by atoms with Crippen LogP contribution in [0.1, 0.15) is 27.7 Å². The van der Waals surface area contributed by atoms with E-state index in [1.807, 2.05) is 30.3 Å². The quantitative estimate of drug-likeness (QED) is 0.750. The molecule has 3 aromatic rings. The number of halogens is 1. The third-order valence-corrected chi connectivity index (χ3v) is 5.31. The molecule has 2 aromatic carbocycles. The van der Waals surface area contributed by atoms with E-state index in [2.05, 4.69) is 15.5 Å². The summed E-state index contributed by atoms with van der Waals surface area (Å²) in [5, 5.41) is 11.9. The minimum Gasteiger partial charge on any atom is -0.312 e. The lowest BCUT2D eigenvalue weighted by Gasteiger charge is -2.15. The van der Waals surface area contributed by atoms with Crippen LogP contribution in [0.15, 0.2) is 54.6 Å². The minimum atomic E-state index is -0.404. The molecule has 4 rings (SSSR count). The first kappa shape index (κ1) is 17.3. The van der Waals surface area contributed by atoms with Gasteiger partial charge in [-0.05, 0) is 36.4 Å². The van der Waals surface area contributed by atoms with Crippen molar-refractivity contribution >= 4 is 34.0 Å². The van der Waals surface area contributed by atoms with Crippen molar-refractivity contribution in [3.63, 3.8) is 0 Å². The van der Waals surface area contributed by atoms with Crippen molar-refractivity contribution in [3.05, 3.63) is 71.0 Å². The van der Waals surface area contributed by atoms with Crippen LogP contribution in [0.4, 0.5) is 15.2 Å². The van der Waals surface area contributed by atoms with E-state index < -0.39 is 5.82 Å². The molecule has 1 aliphatic heterocycles. The van der Waals surface area contributed by atoms with Crippen molar-refractivity contribution in [1.29, 1.82) is 0 Å². The number of anilines is 2. The summed E-state index contributed by atoms with van der Waals surface area (Å²) >= 11 is 1.25. The predicted octanol–water partition coefficient (Wildman–Crippen LogP) is 3.45. The summed E-state index contributed by atoms with van der Waals surface area (Å²) < 4.78 is 13.0. The lowest BCUT2D eigenvalue weighted by atomic mass is 10.1. The van der Waals surface area contributed by atoms with Gasteiger partial charge in [0.25, 0.3) is 5.91 Å². The van der Waals surface area contributed by atoms with E-state index in [-0.39, 0.29) is 17.7 Å². The number of para-hydroxylation sites is 1. The second-order valence-corrected chi connectivity index (χ2v) is 7.16. The van der Waals surface area contributed by atoms with E-state index >= 15 is 0 Å². The van der Waals surface area contributed by atoms with Gasteiger partial charge in [-0.2, -0.15) is 0 Å². The summed E-state index contributed by atoms with van der Waals surface area (Å²) in [4.78, 5) is 26.3. The first-order chi connectivity index (χ1) is 13.1. The number of hydrogen-bond donors (Lipinski definition) is 1. The van der Waals surface area contributed by atoms with Crippen LogP contribution in [-0.4, -0.2) is 28.6 Å². The Morgan fingerprint density at radius 3 is 2.59 bits per heavy atom.